The molecular weight excluding hydrogens is 320 g/mol. The first kappa shape index (κ1) is 18.9. The topological polar surface area (TPSA) is 93.7 Å². The van der Waals surface area contributed by atoms with Crippen LogP contribution in [0, 0.1) is 0 Å². The average Bonchev–Trinajstić information content (AvgIpc) is 2.56. The first-order valence-electron chi connectivity index (χ1n) is 8.81. The highest BCUT2D eigenvalue weighted by Gasteiger charge is 2.22. The van der Waals surface area contributed by atoms with Gasteiger partial charge < -0.3 is 26.0 Å². The van der Waals surface area contributed by atoms with Gasteiger partial charge in [0.1, 0.15) is 0 Å². The van der Waals surface area contributed by atoms with E-state index in [-0.39, 0.29) is 12.1 Å². The van der Waals surface area contributed by atoms with Crippen LogP contribution < -0.4 is 16.0 Å². The van der Waals surface area contributed by atoms with Crippen molar-refractivity contribution >= 4 is 17.8 Å². The molecule has 1 aromatic carbocycles. The number of urea groups is 1. The minimum atomic E-state index is -0.994. The van der Waals surface area contributed by atoms with Gasteiger partial charge in [0.15, 0.2) is 0 Å². The number of carbonyl (C=O) groups is 2. The van der Waals surface area contributed by atoms with Gasteiger partial charge in [0.2, 0.25) is 0 Å². The fourth-order valence-corrected chi connectivity index (χ4v) is 2.88. The Morgan fingerprint density at radius 1 is 1.20 bits per heavy atom. The molecule has 1 heterocycles. The zero-order valence-electron chi connectivity index (χ0n) is 14.9. The van der Waals surface area contributed by atoms with Gasteiger partial charge in [0.25, 0.3) is 0 Å². The van der Waals surface area contributed by atoms with E-state index in [1.54, 1.807) is 0 Å². The Balaban J connectivity index is 1.74. The Labute approximate surface area is 148 Å². The molecule has 1 aromatic rings. The summed E-state index contributed by atoms with van der Waals surface area (Å²) in [4.78, 5) is 24.3. The SMILES string of the molecule is CC(C)NC(=O)N1CCC(Nc2ccc(CCNC(=O)O)cc2)CC1. The lowest BCUT2D eigenvalue weighted by molar-refractivity contribution is 0.181. The number of hydrogen-bond acceptors (Lipinski definition) is 3. The van der Waals surface area contributed by atoms with E-state index in [9.17, 15) is 9.59 Å². The highest BCUT2D eigenvalue weighted by Crippen LogP contribution is 2.17. The molecule has 0 radical (unpaired) electrons. The normalized spacial score (nSPS) is 15.1. The Bertz CT molecular complexity index is 566. The number of rotatable bonds is 6. The van der Waals surface area contributed by atoms with Crippen LogP contribution in [0.25, 0.3) is 0 Å². The highest BCUT2D eigenvalue weighted by molar-refractivity contribution is 5.74. The predicted octanol–water partition coefficient (Wildman–Crippen LogP) is 2.49. The molecule has 0 aliphatic carbocycles. The molecule has 1 saturated heterocycles. The molecule has 7 heteroatoms. The van der Waals surface area contributed by atoms with E-state index < -0.39 is 6.09 Å². The molecule has 25 heavy (non-hydrogen) atoms. The molecule has 0 unspecified atom stereocenters. The van der Waals surface area contributed by atoms with Gasteiger partial charge in [-0.2, -0.15) is 0 Å². The molecule has 1 aliphatic heterocycles. The van der Waals surface area contributed by atoms with Crippen LogP contribution >= 0.6 is 0 Å². The minimum Gasteiger partial charge on any atom is -0.465 e. The fraction of sp³-hybridized carbons (Fsp3) is 0.556. The maximum Gasteiger partial charge on any atom is 0.404 e. The van der Waals surface area contributed by atoms with Crippen LogP contribution in [0.5, 0.6) is 0 Å². The summed E-state index contributed by atoms with van der Waals surface area (Å²) in [5.74, 6) is 0. The van der Waals surface area contributed by atoms with Gasteiger partial charge in [-0.15, -0.1) is 0 Å². The highest BCUT2D eigenvalue weighted by atomic mass is 16.4. The van der Waals surface area contributed by atoms with Crippen LogP contribution in [0.3, 0.4) is 0 Å². The third kappa shape index (κ3) is 6.52. The summed E-state index contributed by atoms with van der Waals surface area (Å²) in [7, 11) is 0. The third-order valence-electron chi connectivity index (χ3n) is 4.21. The number of anilines is 1. The Kier molecular flexibility index (Phi) is 6.91. The molecule has 0 aromatic heterocycles. The number of benzene rings is 1. The van der Waals surface area contributed by atoms with Gasteiger partial charge in [-0.25, -0.2) is 9.59 Å². The number of nitrogens with one attached hydrogen (secondary N) is 3. The van der Waals surface area contributed by atoms with Crippen LogP contribution in [-0.4, -0.2) is 53.8 Å². The molecule has 0 atom stereocenters. The summed E-state index contributed by atoms with van der Waals surface area (Å²) in [6.07, 6.45) is 1.54. The van der Waals surface area contributed by atoms with Crippen molar-refractivity contribution in [1.82, 2.24) is 15.5 Å². The van der Waals surface area contributed by atoms with E-state index in [4.69, 9.17) is 5.11 Å². The van der Waals surface area contributed by atoms with E-state index >= 15 is 0 Å². The Morgan fingerprint density at radius 3 is 2.40 bits per heavy atom. The monoisotopic (exact) mass is 348 g/mol. The maximum absolute atomic E-state index is 12.0. The Hall–Kier alpha value is -2.44. The molecule has 0 saturated carbocycles. The number of carbonyl (C=O) groups excluding carboxylic acids is 1. The van der Waals surface area contributed by atoms with Gasteiger partial charge in [0.05, 0.1) is 0 Å². The summed E-state index contributed by atoms with van der Waals surface area (Å²) in [6.45, 7) is 5.87. The van der Waals surface area contributed by atoms with Gasteiger partial charge in [-0.05, 0) is 50.8 Å². The summed E-state index contributed by atoms with van der Waals surface area (Å²) in [6, 6.07) is 8.61. The Morgan fingerprint density at radius 2 is 1.84 bits per heavy atom. The summed E-state index contributed by atoms with van der Waals surface area (Å²) >= 11 is 0. The number of amides is 3. The number of nitrogens with zero attached hydrogens (tertiary/aromatic N) is 1. The van der Waals surface area contributed by atoms with Crippen LogP contribution in [0.4, 0.5) is 15.3 Å². The third-order valence-corrected chi connectivity index (χ3v) is 4.21. The van der Waals surface area contributed by atoms with Crippen LogP contribution in [0.1, 0.15) is 32.3 Å². The van der Waals surface area contributed by atoms with Gasteiger partial charge in [0, 0.05) is 37.4 Å². The van der Waals surface area contributed by atoms with Gasteiger partial charge in [-0.3, -0.25) is 0 Å². The number of carboxylic acid groups (broad SMARTS) is 1. The molecule has 0 spiro atoms. The van der Waals surface area contributed by atoms with Crippen LogP contribution in [-0.2, 0) is 6.42 Å². The zero-order chi connectivity index (χ0) is 18.2. The van der Waals surface area contributed by atoms with Crippen LogP contribution in [0.15, 0.2) is 24.3 Å². The number of likely N-dealkylation sites (tertiary alicyclic amines) is 1. The molecular formula is C18H28N4O3. The van der Waals surface area contributed by atoms with Crippen molar-refractivity contribution in [2.45, 2.75) is 45.2 Å². The molecule has 3 amide bonds. The van der Waals surface area contributed by atoms with Crippen molar-refractivity contribution in [2.24, 2.45) is 0 Å². The zero-order valence-corrected chi connectivity index (χ0v) is 14.9. The second-order valence-electron chi connectivity index (χ2n) is 6.69. The van der Waals surface area contributed by atoms with Crippen molar-refractivity contribution in [2.75, 3.05) is 25.0 Å². The molecule has 4 N–H and O–H groups in total. The van der Waals surface area contributed by atoms with Crippen molar-refractivity contribution in [3.05, 3.63) is 29.8 Å². The lowest BCUT2D eigenvalue weighted by Crippen LogP contribution is -2.48. The molecule has 1 aliphatic rings. The second kappa shape index (κ2) is 9.15. The summed E-state index contributed by atoms with van der Waals surface area (Å²) in [5, 5.41) is 17.4. The average molecular weight is 348 g/mol. The number of hydrogen-bond donors (Lipinski definition) is 4. The summed E-state index contributed by atoms with van der Waals surface area (Å²) in [5.41, 5.74) is 2.15. The van der Waals surface area contributed by atoms with Gasteiger partial charge in [-0.1, -0.05) is 12.1 Å². The fourth-order valence-electron chi connectivity index (χ4n) is 2.88. The lowest BCUT2D eigenvalue weighted by Gasteiger charge is -2.33. The first-order valence-corrected chi connectivity index (χ1v) is 8.81. The van der Waals surface area contributed by atoms with Crippen LogP contribution in [0.2, 0.25) is 0 Å². The second-order valence-corrected chi connectivity index (χ2v) is 6.69. The molecule has 1 fully saturated rings. The van der Waals surface area contributed by atoms with E-state index in [2.05, 4.69) is 16.0 Å². The van der Waals surface area contributed by atoms with E-state index in [1.807, 2.05) is 43.0 Å². The van der Waals surface area contributed by atoms with Crippen molar-refractivity contribution < 1.29 is 14.7 Å². The summed E-state index contributed by atoms with van der Waals surface area (Å²) < 4.78 is 0. The predicted molar refractivity (Wildman–Crippen MR) is 98.1 cm³/mol. The van der Waals surface area contributed by atoms with E-state index in [0.717, 1.165) is 37.2 Å². The minimum absolute atomic E-state index is 0.0211. The maximum atomic E-state index is 12.0. The van der Waals surface area contributed by atoms with E-state index in [1.165, 1.54) is 0 Å². The van der Waals surface area contributed by atoms with Crippen molar-refractivity contribution in [1.29, 1.82) is 0 Å². The smallest absolute Gasteiger partial charge is 0.404 e. The molecule has 0 bridgehead atoms. The number of piperidine rings is 1. The van der Waals surface area contributed by atoms with Crippen molar-refractivity contribution in [3.63, 3.8) is 0 Å². The molecule has 2 rings (SSSR count). The molecule has 7 nitrogen and oxygen atoms in total. The standard InChI is InChI=1S/C18H28N4O3/c1-13(2)20-17(23)22-11-8-16(9-12-22)21-15-5-3-14(4-6-15)7-10-19-18(24)25/h3-6,13,16,19,21H,7-12H2,1-2H3,(H,20,23)(H,24,25). The largest absolute Gasteiger partial charge is 0.465 e. The quantitative estimate of drug-likeness (QED) is 0.635. The van der Waals surface area contributed by atoms with Crippen molar-refractivity contribution in [3.8, 4) is 0 Å². The first-order chi connectivity index (χ1) is 11.9. The van der Waals surface area contributed by atoms with E-state index in [0.29, 0.717) is 19.0 Å². The van der Waals surface area contributed by atoms with Gasteiger partial charge >= 0.3 is 12.1 Å². The lowest BCUT2D eigenvalue weighted by atomic mass is 10.0. The molecule has 138 valence electrons.